The number of alkyl halides is 3. The fraction of sp³-hybridized carbons (Fsp3) is 0.455. The number of hydrogen-bond donors (Lipinski definition) is 1. The zero-order chi connectivity index (χ0) is 13.5. The van der Waals surface area contributed by atoms with E-state index in [2.05, 4.69) is 9.97 Å². The molecule has 7 heteroatoms. The second-order valence-corrected chi connectivity index (χ2v) is 6.42. The maximum Gasteiger partial charge on any atom is 0.229 e. The van der Waals surface area contributed by atoms with Crippen LogP contribution in [-0.2, 0) is 6.42 Å². The van der Waals surface area contributed by atoms with Gasteiger partial charge in [0.25, 0.3) is 0 Å². The molecule has 2 aromatic rings. The van der Waals surface area contributed by atoms with Gasteiger partial charge in [-0.3, -0.25) is 0 Å². The van der Waals surface area contributed by atoms with Crippen molar-refractivity contribution in [2.24, 2.45) is 0 Å². The Morgan fingerprint density at radius 1 is 1.33 bits per heavy atom. The monoisotopic (exact) mass is 308 g/mol. The summed E-state index contributed by atoms with van der Waals surface area (Å²) >= 11 is 16.9. The van der Waals surface area contributed by atoms with E-state index in [0.717, 1.165) is 11.1 Å². The van der Waals surface area contributed by atoms with Crippen molar-refractivity contribution in [3.05, 3.63) is 23.3 Å². The van der Waals surface area contributed by atoms with E-state index in [4.69, 9.17) is 39.2 Å². The minimum absolute atomic E-state index is 0.120. The molecule has 0 aromatic carbocycles. The molecule has 0 aliphatic heterocycles. The molecule has 4 nitrogen and oxygen atoms in total. The van der Waals surface area contributed by atoms with E-state index in [9.17, 15) is 5.11 Å². The smallest absolute Gasteiger partial charge is 0.229 e. The number of furan rings is 1. The van der Waals surface area contributed by atoms with Crippen LogP contribution in [0.25, 0.3) is 11.1 Å². The number of hydrogen-bond acceptors (Lipinski definition) is 4. The average molecular weight is 310 g/mol. The molecule has 0 saturated carbocycles. The first kappa shape index (κ1) is 13.9. The Bertz CT molecular complexity index is 577. The van der Waals surface area contributed by atoms with Crippen LogP contribution in [0.4, 0.5) is 0 Å². The molecule has 0 spiro atoms. The normalized spacial score (nSPS) is 14.1. The summed E-state index contributed by atoms with van der Waals surface area (Å²) < 4.78 is 3.68. The van der Waals surface area contributed by atoms with Gasteiger partial charge in [-0.1, -0.05) is 34.8 Å². The highest BCUT2D eigenvalue weighted by molar-refractivity contribution is 6.68. The predicted molar refractivity (Wildman–Crippen MR) is 71.3 cm³/mol. The van der Waals surface area contributed by atoms with Gasteiger partial charge in [0.05, 0.1) is 11.1 Å². The van der Waals surface area contributed by atoms with Crippen LogP contribution in [0.2, 0.25) is 0 Å². The van der Waals surface area contributed by atoms with E-state index >= 15 is 0 Å². The van der Waals surface area contributed by atoms with Gasteiger partial charge in [-0.15, -0.1) is 0 Å². The van der Waals surface area contributed by atoms with Crippen molar-refractivity contribution in [3.8, 4) is 0 Å². The van der Waals surface area contributed by atoms with Crippen molar-refractivity contribution in [2.75, 3.05) is 0 Å². The minimum atomic E-state index is -1.75. The number of rotatable bonds is 2. The van der Waals surface area contributed by atoms with Gasteiger partial charge >= 0.3 is 0 Å². The van der Waals surface area contributed by atoms with Crippen LogP contribution in [0.1, 0.15) is 17.3 Å². The number of aromatic nitrogens is 2. The first-order valence-corrected chi connectivity index (χ1v) is 6.39. The Labute approximate surface area is 119 Å². The molecule has 0 radical (unpaired) electrons. The lowest BCUT2D eigenvalue weighted by molar-refractivity contribution is 0.178. The van der Waals surface area contributed by atoms with Crippen LogP contribution in [0, 0.1) is 13.8 Å². The summed E-state index contributed by atoms with van der Waals surface area (Å²) in [6, 6.07) is 1.80. The molecule has 98 valence electrons. The summed E-state index contributed by atoms with van der Waals surface area (Å²) in [5.41, 5.74) is 1.08. The summed E-state index contributed by atoms with van der Waals surface area (Å²) in [4.78, 5) is 8.43. The van der Waals surface area contributed by atoms with Crippen molar-refractivity contribution in [3.63, 3.8) is 0 Å². The first-order valence-electron chi connectivity index (χ1n) is 5.26. The first-order chi connectivity index (χ1) is 8.27. The van der Waals surface area contributed by atoms with Crippen molar-refractivity contribution < 1.29 is 9.52 Å². The Morgan fingerprint density at radius 3 is 2.61 bits per heavy atom. The molecule has 0 bridgehead atoms. The van der Waals surface area contributed by atoms with Crippen LogP contribution < -0.4 is 0 Å². The summed E-state index contributed by atoms with van der Waals surface area (Å²) in [6.45, 7) is 3.55. The Kier molecular flexibility index (Phi) is 3.74. The number of nitrogens with zero attached hydrogens (tertiary/aromatic N) is 2. The highest BCUT2D eigenvalue weighted by Gasteiger charge is 2.32. The van der Waals surface area contributed by atoms with E-state index in [1.165, 1.54) is 0 Å². The second-order valence-electron chi connectivity index (χ2n) is 4.05. The number of aryl methyl sites for hydroxylation is 2. The number of aliphatic hydroxyl groups excluding tert-OH is 1. The highest BCUT2D eigenvalue weighted by atomic mass is 35.6. The van der Waals surface area contributed by atoms with Gasteiger partial charge in [0.1, 0.15) is 17.7 Å². The van der Waals surface area contributed by atoms with Gasteiger partial charge in [-0.05, 0) is 19.9 Å². The fourth-order valence-electron chi connectivity index (χ4n) is 1.67. The summed E-state index contributed by atoms with van der Waals surface area (Å²) in [7, 11) is 0. The molecule has 18 heavy (non-hydrogen) atoms. The van der Waals surface area contributed by atoms with Gasteiger partial charge in [0.15, 0.2) is 0 Å². The van der Waals surface area contributed by atoms with E-state index in [-0.39, 0.29) is 6.42 Å². The predicted octanol–water partition coefficient (Wildman–Crippen LogP) is 3.11. The standard InChI is InChI=1S/C11H11Cl3N2O2/c1-5-3-7-8(4-9(17)11(12,13)14)15-6(2)16-10(7)18-5/h3,9,17H,4H2,1-2H3. The maximum absolute atomic E-state index is 9.81. The molecule has 2 aromatic heterocycles. The Balaban J connectivity index is 2.44. The zero-order valence-corrected chi connectivity index (χ0v) is 12.0. The molecule has 1 atom stereocenters. The molecule has 0 aliphatic rings. The lowest BCUT2D eigenvalue weighted by Crippen LogP contribution is -2.28. The summed E-state index contributed by atoms with van der Waals surface area (Å²) in [5.74, 6) is 1.26. The third-order valence-electron chi connectivity index (χ3n) is 2.47. The highest BCUT2D eigenvalue weighted by Crippen LogP contribution is 2.33. The molecule has 0 fully saturated rings. The molecule has 2 heterocycles. The molecule has 0 saturated heterocycles. The quantitative estimate of drug-likeness (QED) is 0.866. The lowest BCUT2D eigenvalue weighted by Gasteiger charge is -2.18. The van der Waals surface area contributed by atoms with Crippen LogP contribution in [-0.4, -0.2) is 25.0 Å². The van der Waals surface area contributed by atoms with Crippen LogP contribution in [0.15, 0.2) is 10.5 Å². The van der Waals surface area contributed by atoms with Gasteiger partial charge < -0.3 is 9.52 Å². The number of aliphatic hydroxyl groups is 1. The second kappa shape index (κ2) is 4.85. The third-order valence-corrected chi connectivity index (χ3v) is 3.23. The zero-order valence-electron chi connectivity index (χ0n) is 9.75. The topological polar surface area (TPSA) is 59.2 Å². The van der Waals surface area contributed by atoms with E-state index in [1.54, 1.807) is 13.0 Å². The SMILES string of the molecule is Cc1nc(CC(O)C(Cl)(Cl)Cl)c2cc(C)oc2n1. The van der Waals surface area contributed by atoms with Crippen molar-refractivity contribution in [1.82, 2.24) is 9.97 Å². The van der Waals surface area contributed by atoms with Crippen LogP contribution >= 0.6 is 34.8 Å². The maximum atomic E-state index is 9.81. The molecular formula is C11H11Cl3N2O2. The number of halogens is 3. The molecule has 1 unspecified atom stereocenters. The van der Waals surface area contributed by atoms with Gasteiger partial charge in [-0.25, -0.2) is 4.98 Å². The van der Waals surface area contributed by atoms with Crippen LogP contribution in [0.5, 0.6) is 0 Å². The fourth-order valence-corrected chi connectivity index (χ4v) is 1.91. The minimum Gasteiger partial charge on any atom is -0.443 e. The molecule has 0 amide bonds. The third kappa shape index (κ3) is 2.88. The number of fused-ring (bicyclic) bond motifs is 1. The average Bonchev–Trinajstić information content (AvgIpc) is 2.56. The molecule has 0 aliphatic carbocycles. The van der Waals surface area contributed by atoms with Crippen LogP contribution in [0.3, 0.4) is 0 Å². The van der Waals surface area contributed by atoms with Gasteiger partial charge in [0, 0.05) is 6.42 Å². The van der Waals surface area contributed by atoms with Crippen molar-refractivity contribution >= 4 is 45.9 Å². The van der Waals surface area contributed by atoms with E-state index < -0.39 is 9.90 Å². The van der Waals surface area contributed by atoms with E-state index in [0.29, 0.717) is 17.2 Å². The molecular weight excluding hydrogens is 298 g/mol. The summed E-state index contributed by atoms with van der Waals surface area (Å²) in [6.07, 6.45) is -1.02. The van der Waals surface area contributed by atoms with Gasteiger partial charge in [-0.2, -0.15) is 4.98 Å². The largest absolute Gasteiger partial charge is 0.443 e. The molecule has 1 N–H and O–H groups in total. The Hall–Kier alpha value is -0.550. The lowest BCUT2D eigenvalue weighted by atomic mass is 10.1. The van der Waals surface area contributed by atoms with Crippen molar-refractivity contribution in [2.45, 2.75) is 30.2 Å². The van der Waals surface area contributed by atoms with E-state index in [1.807, 2.05) is 6.92 Å². The van der Waals surface area contributed by atoms with Gasteiger partial charge in [0.2, 0.25) is 9.51 Å². The van der Waals surface area contributed by atoms with Crippen molar-refractivity contribution in [1.29, 1.82) is 0 Å². The Morgan fingerprint density at radius 2 is 2.00 bits per heavy atom. The molecule has 2 rings (SSSR count). The summed E-state index contributed by atoms with van der Waals surface area (Å²) in [5, 5.41) is 10.5.